The van der Waals surface area contributed by atoms with Crippen LogP contribution in [0.2, 0.25) is 5.02 Å². The number of carbonyl (C=O) groups excluding carboxylic acids is 1. The minimum absolute atomic E-state index is 0.201. The average Bonchev–Trinajstić information content (AvgIpc) is 3.17. The third kappa shape index (κ3) is 4.08. The summed E-state index contributed by atoms with van der Waals surface area (Å²) in [5.74, 6) is 0.687. The van der Waals surface area contributed by atoms with Gasteiger partial charge in [-0.1, -0.05) is 47.2 Å². The zero-order chi connectivity index (χ0) is 18.8. The first-order chi connectivity index (χ1) is 13.1. The summed E-state index contributed by atoms with van der Waals surface area (Å²) in [6.07, 6.45) is 0. The van der Waals surface area contributed by atoms with Gasteiger partial charge in [-0.05, 0) is 30.7 Å². The molecule has 1 aliphatic rings. The Balaban J connectivity index is 1.37. The van der Waals surface area contributed by atoms with E-state index in [2.05, 4.69) is 11.8 Å². The van der Waals surface area contributed by atoms with E-state index in [1.807, 2.05) is 47.4 Å². The number of anilines is 1. The number of hydrogen-bond donors (Lipinski definition) is 0. The molecule has 0 spiro atoms. The molecule has 0 unspecified atom stereocenters. The number of fused-ring (bicyclic) bond motifs is 1. The number of halogens is 1. The predicted octanol–water partition coefficient (Wildman–Crippen LogP) is 4.70. The van der Waals surface area contributed by atoms with Crippen LogP contribution in [0.5, 0.6) is 0 Å². The van der Waals surface area contributed by atoms with Crippen molar-refractivity contribution < 1.29 is 4.79 Å². The number of thioether (sulfide) groups is 1. The Bertz CT molecular complexity index is 914. The molecule has 0 N–H and O–H groups in total. The summed E-state index contributed by atoms with van der Waals surface area (Å²) in [6.45, 7) is 5.13. The zero-order valence-corrected chi connectivity index (χ0v) is 17.4. The maximum atomic E-state index is 12.5. The molecule has 4 nitrogen and oxygen atoms in total. The highest BCUT2D eigenvalue weighted by molar-refractivity contribution is 8.00. The Hall–Kier alpha value is -1.76. The molecule has 0 bridgehead atoms. The van der Waals surface area contributed by atoms with Crippen molar-refractivity contribution in [1.29, 1.82) is 0 Å². The number of nitrogens with zero attached hydrogens (tertiary/aromatic N) is 3. The normalized spacial score (nSPS) is 14.7. The minimum Gasteiger partial charge on any atom is -0.345 e. The number of thiazole rings is 1. The molecule has 1 aromatic heterocycles. The van der Waals surface area contributed by atoms with Crippen LogP contribution in [0.3, 0.4) is 0 Å². The van der Waals surface area contributed by atoms with Crippen molar-refractivity contribution in [2.24, 2.45) is 0 Å². The second-order valence-electron chi connectivity index (χ2n) is 6.51. The maximum Gasteiger partial charge on any atom is 0.233 e. The van der Waals surface area contributed by atoms with E-state index in [1.165, 1.54) is 0 Å². The van der Waals surface area contributed by atoms with Crippen molar-refractivity contribution in [2.75, 3.05) is 36.8 Å². The van der Waals surface area contributed by atoms with Gasteiger partial charge in [0.1, 0.15) is 0 Å². The number of amides is 1. The fourth-order valence-corrected chi connectivity index (χ4v) is 5.32. The molecule has 27 heavy (non-hydrogen) atoms. The Morgan fingerprint density at radius 3 is 2.59 bits per heavy atom. The van der Waals surface area contributed by atoms with Gasteiger partial charge in [0.15, 0.2) is 5.13 Å². The summed E-state index contributed by atoms with van der Waals surface area (Å²) in [7, 11) is 0. The summed E-state index contributed by atoms with van der Waals surface area (Å²) in [5, 5.41) is 1.75. The van der Waals surface area contributed by atoms with Crippen molar-refractivity contribution in [3.8, 4) is 0 Å². The number of aromatic nitrogens is 1. The SMILES string of the molecule is Cc1ccc(Cl)c2sc(N3CCN(C(=O)CSc4ccccc4)CC3)nc12. The lowest BCUT2D eigenvalue weighted by atomic mass is 10.2. The lowest BCUT2D eigenvalue weighted by Gasteiger charge is -2.34. The van der Waals surface area contributed by atoms with E-state index in [0.717, 1.165) is 57.0 Å². The monoisotopic (exact) mass is 417 g/mol. The smallest absolute Gasteiger partial charge is 0.233 e. The van der Waals surface area contributed by atoms with E-state index < -0.39 is 0 Å². The molecule has 0 saturated carbocycles. The molecular weight excluding hydrogens is 398 g/mol. The second kappa shape index (κ2) is 8.09. The van der Waals surface area contributed by atoms with Crippen LogP contribution in [0.4, 0.5) is 5.13 Å². The highest BCUT2D eigenvalue weighted by Crippen LogP contribution is 2.35. The molecule has 7 heteroatoms. The van der Waals surface area contributed by atoms with Gasteiger partial charge in [0.05, 0.1) is 21.0 Å². The van der Waals surface area contributed by atoms with Crippen LogP contribution in [-0.2, 0) is 4.79 Å². The molecule has 2 heterocycles. The van der Waals surface area contributed by atoms with Crippen LogP contribution < -0.4 is 4.90 Å². The average molecular weight is 418 g/mol. The molecule has 1 fully saturated rings. The van der Waals surface area contributed by atoms with Crippen LogP contribution in [-0.4, -0.2) is 47.7 Å². The molecule has 2 aromatic carbocycles. The van der Waals surface area contributed by atoms with E-state index in [9.17, 15) is 4.79 Å². The van der Waals surface area contributed by atoms with Gasteiger partial charge in [-0.3, -0.25) is 4.79 Å². The van der Waals surface area contributed by atoms with Crippen molar-refractivity contribution in [2.45, 2.75) is 11.8 Å². The largest absolute Gasteiger partial charge is 0.345 e. The van der Waals surface area contributed by atoms with Gasteiger partial charge in [0.2, 0.25) is 5.91 Å². The Morgan fingerprint density at radius 2 is 1.89 bits per heavy atom. The van der Waals surface area contributed by atoms with Crippen LogP contribution in [0.1, 0.15) is 5.56 Å². The van der Waals surface area contributed by atoms with Gasteiger partial charge in [-0.25, -0.2) is 4.98 Å². The van der Waals surface area contributed by atoms with E-state index in [1.54, 1.807) is 23.1 Å². The number of piperazine rings is 1. The van der Waals surface area contributed by atoms with Crippen molar-refractivity contribution >= 4 is 56.0 Å². The molecule has 140 valence electrons. The standard InChI is InChI=1S/C20H20ClN3OS2/c1-14-7-8-16(21)19-18(14)22-20(27-19)24-11-9-23(10-12-24)17(25)13-26-15-5-3-2-4-6-15/h2-8H,9-13H2,1H3. The summed E-state index contributed by atoms with van der Waals surface area (Å²) in [4.78, 5) is 22.6. The molecule has 0 radical (unpaired) electrons. The lowest BCUT2D eigenvalue weighted by Crippen LogP contribution is -2.49. The number of rotatable bonds is 4. The van der Waals surface area contributed by atoms with Gasteiger partial charge in [-0.2, -0.15) is 0 Å². The minimum atomic E-state index is 0.201. The summed E-state index contributed by atoms with van der Waals surface area (Å²) in [6, 6.07) is 14.0. The fraction of sp³-hybridized carbons (Fsp3) is 0.300. The lowest BCUT2D eigenvalue weighted by molar-refractivity contribution is -0.128. The van der Waals surface area contributed by atoms with E-state index in [4.69, 9.17) is 16.6 Å². The molecule has 0 atom stereocenters. The quantitative estimate of drug-likeness (QED) is 0.576. The molecule has 1 saturated heterocycles. The van der Waals surface area contributed by atoms with Crippen LogP contribution in [0, 0.1) is 6.92 Å². The van der Waals surface area contributed by atoms with Crippen molar-refractivity contribution in [1.82, 2.24) is 9.88 Å². The summed E-state index contributed by atoms with van der Waals surface area (Å²) >= 11 is 9.56. The van der Waals surface area contributed by atoms with E-state index >= 15 is 0 Å². The number of benzene rings is 2. The second-order valence-corrected chi connectivity index (χ2v) is 8.94. The zero-order valence-electron chi connectivity index (χ0n) is 15.0. The Labute approximate surface area is 172 Å². The van der Waals surface area contributed by atoms with E-state index in [0.29, 0.717) is 5.75 Å². The molecule has 4 rings (SSSR count). The Morgan fingerprint density at radius 1 is 1.15 bits per heavy atom. The number of aryl methyl sites for hydroxylation is 1. The highest BCUT2D eigenvalue weighted by atomic mass is 35.5. The van der Waals surface area contributed by atoms with Gasteiger partial charge in [-0.15, -0.1) is 11.8 Å². The Kier molecular flexibility index (Phi) is 5.57. The number of carbonyl (C=O) groups is 1. The van der Waals surface area contributed by atoms with Crippen LogP contribution in [0.15, 0.2) is 47.4 Å². The van der Waals surface area contributed by atoms with Crippen molar-refractivity contribution in [3.63, 3.8) is 0 Å². The van der Waals surface area contributed by atoms with Crippen LogP contribution in [0.25, 0.3) is 10.2 Å². The van der Waals surface area contributed by atoms with E-state index in [-0.39, 0.29) is 5.91 Å². The highest BCUT2D eigenvalue weighted by Gasteiger charge is 2.23. The third-order valence-electron chi connectivity index (χ3n) is 4.69. The van der Waals surface area contributed by atoms with Crippen LogP contribution >= 0.6 is 34.7 Å². The fourth-order valence-electron chi connectivity index (χ4n) is 3.13. The molecule has 1 amide bonds. The van der Waals surface area contributed by atoms with Crippen molar-refractivity contribution in [3.05, 3.63) is 53.1 Å². The molecule has 0 aliphatic carbocycles. The third-order valence-corrected chi connectivity index (χ3v) is 7.27. The number of hydrogen-bond acceptors (Lipinski definition) is 5. The summed E-state index contributed by atoms with van der Waals surface area (Å²) in [5.41, 5.74) is 2.13. The molecular formula is C20H20ClN3OS2. The first kappa shape index (κ1) is 18.6. The van der Waals surface area contributed by atoms with Gasteiger partial charge >= 0.3 is 0 Å². The maximum absolute atomic E-state index is 12.5. The van der Waals surface area contributed by atoms with Gasteiger partial charge in [0.25, 0.3) is 0 Å². The molecule has 3 aromatic rings. The topological polar surface area (TPSA) is 36.4 Å². The first-order valence-corrected chi connectivity index (χ1v) is 11.1. The first-order valence-electron chi connectivity index (χ1n) is 8.88. The predicted molar refractivity (Wildman–Crippen MR) is 115 cm³/mol. The van der Waals surface area contributed by atoms with Gasteiger partial charge < -0.3 is 9.80 Å². The summed E-state index contributed by atoms with van der Waals surface area (Å²) < 4.78 is 1.05. The molecule has 1 aliphatic heterocycles. The van der Waals surface area contributed by atoms with Gasteiger partial charge in [0, 0.05) is 31.1 Å².